The van der Waals surface area contributed by atoms with E-state index in [9.17, 15) is 9.59 Å². The first-order chi connectivity index (χ1) is 8.40. The van der Waals surface area contributed by atoms with Gasteiger partial charge < -0.3 is 10.1 Å². The Balaban J connectivity index is 2.53. The Bertz CT molecular complexity index is 395. The smallest absolute Gasteiger partial charge is 0.408 e. The number of carbonyl (C=O) groups excluding carboxylic acids is 2. The van der Waals surface area contributed by atoms with Crippen molar-refractivity contribution >= 4 is 12.4 Å². The van der Waals surface area contributed by atoms with Crippen molar-refractivity contribution in [2.45, 2.75) is 38.8 Å². The summed E-state index contributed by atoms with van der Waals surface area (Å²) in [5, 5.41) is 2.49. The molecule has 18 heavy (non-hydrogen) atoms. The lowest BCUT2D eigenvalue weighted by atomic mass is 10.1. The number of amides is 1. The lowest BCUT2D eigenvalue weighted by Gasteiger charge is -2.21. The number of nitrogens with one attached hydrogen (secondary N) is 1. The second-order valence-corrected chi connectivity index (χ2v) is 5.01. The molecule has 4 nitrogen and oxygen atoms in total. The van der Waals surface area contributed by atoms with Crippen molar-refractivity contribution in [3.8, 4) is 0 Å². The van der Waals surface area contributed by atoms with E-state index >= 15 is 0 Å². The van der Waals surface area contributed by atoms with Crippen molar-refractivity contribution in [1.82, 2.24) is 5.32 Å². The summed E-state index contributed by atoms with van der Waals surface area (Å²) in [5.74, 6) is 0. The zero-order valence-electron chi connectivity index (χ0n) is 10.9. The highest BCUT2D eigenvalue weighted by Gasteiger charge is 2.19. The zero-order chi connectivity index (χ0) is 13.6. The van der Waals surface area contributed by atoms with E-state index < -0.39 is 17.7 Å². The highest BCUT2D eigenvalue weighted by molar-refractivity contribution is 5.73. The summed E-state index contributed by atoms with van der Waals surface area (Å²) in [6, 6.07) is 8.74. The molecular formula is C14H18NO3. The monoisotopic (exact) mass is 248 g/mol. The predicted octanol–water partition coefficient (Wildman–Crippen LogP) is 2.23. The molecule has 0 bridgehead atoms. The first-order valence-corrected chi connectivity index (χ1v) is 5.82. The maximum Gasteiger partial charge on any atom is 0.408 e. The molecule has 0 aliphatic rings. The molecule has 1 N–H and O–H groups in total. The Morgan fingerprint density at radius 3 is 2.44 bits per heavy atom. The van der Waals surface area contributed by atoms with E-state index in [1.165, 1.54) is 0 Å². The van der Waals surface area contributed by atoms with Gasteiger partial charge in [-0.3, -0.25) is 4.79 Å². The molecule has 4 heteroatoms. The molecular weight excluding hydrogens is 230 g/mol. The molecule has 0 aliphatic carbocycles. The van der Waals surface area contributed by atoms with E-state index in [4.69, 9.17) is 4.74 Å². The maximum absolute atomic E-state index is 11.5. The average Bonchev–Trinajstić information content (AvgIpc) is 2.27. The van der Waals surface area contributed by atoms with Gasteiger partial charge in [0.05, 0.1) is 0 Å². The van der Waals surface area contributed by atoms with Crippen molar-refractivity contribution in [3.05, 3.63) is 35.9 Å². The molecule has 0 aromatic heterocycles. The Morgan fingerprint density at radius 1 is 1.33 bits per heavy atom. The van der Waals surface area contributed by atoms with Gasteiger partial charge in [-0.15, -0.1) is 0 Å². The summed E-state index contributed by atoms with van der Waals surface area (Å²) in [5.41, 5.74) is 0.381. The van der Waals surface area contributed by atoms with Gasteiger partial charge >= 0.3 is 6.09 Å². The van der Waals surface area contributed by atoms with E-state index in [2.05, 4.69) is 5.32 Å². The molecule has 1 rings (SSSR count). The fourth-order valence-electron chi connectivity index (χ4n) is 1.42. The third-order valence-corrected chi connectivity index (χ3v) is 2.12. The van der Waals surface area contributed by atoms with Crippen LogP contribution in [0, 0.1) is 0 Å². The lowest BCUT2D eigenvalue weighted by Crippen LogP contribution is -2.41. The van der Waals surface area contributed by atoms with Gasteiger partial charge in [-0.1, -0.05) is 30.3 Å². The minimum absolute atomic E-state index is 0.406. The molecule has 1 amide bonds. The van der Waals surface area contributed by atoms with Crippen LogP contribution in [0.2, 0.25) is 0 Å². The molecule has 1 aromatic rings. The summed E-state index contributed by atoms with van der Waals surface area (Å²) < 4.78 is 5.08. The fraction of sp³-hybridized carbons (Fsp3) is 0.429. The van der Waals surface area contributed by atoms with Crippen LogP contribution in [0.1, 0.15) is 26.3 Å². The highest BCUT2D eigenvalue weighted by atomic mass is 16.6. The van der Waals surface area contributed by atoms with Crippen LogP contribution >= 0.6 is 0 Å². The van der Waals surface area contributed by atoms with E-state index in [1.54, 1.807) is 27.1 Å². The number of alkyl carbamates (subject to hydrolysis) is 1. The van der Waals surface area contributed by atoms with Crippen LogP contribution in [0.5, 0.6) is 0 Å². The fourth-order valence-corrected chi connectivity index (χ4v) is 1.42. The Hall–Kier alpha value is -1.84. The van der Waals surface area contributed by atoms with Crippen molar-refractivity contribution in [2.24, 2.45) is 0 Å². The van der Waals surface area contributed by atoms with Gasteiger partial charge in [-0.25, -0.2) is 4.79 Å². The van der Waals surface area contributed by atoms with Gasteiger partial charge in [0.1, 0.15) is 11.6 Å². The quantitative estimate of drug-likeness (QED) is 0.889. The van der Waals surface area contributed by atoms with Gasteiger partial charge in [0.2, 0.25) is 6.29 Å². The van der Waals surface area contributed by atoms with E-state index in [0.717, 1.165) is 5.56 Å². The van der Waals surface area contributed by atoms with Gasteiger partial charge in [-0.05, 0) is 26.3 Å². The summed E-state index contributed by atoms with van der Waals surface area (Å²) >= 11 is 0. The van der Waals surface area contributed by atoms with Gasteiger partial charge in [-0.2, -0.15) is 0 Å². The molecule has 1 atom stereocenters. The molecule has 0 spiro atoms. The molecule has 97 valence electrons. The summed E-state index contributed by atoms with van der Waals surface area (Å²) in [6.07, 6.45) is 1.61. The van der Waals surface area contributed by atoms with E-state index in [0.29, 0.717) is 6.42 Å². The molecule has 0 heterocycles. The second-order valence-electron chi connectivity index (χ2n) is 5.01. The summed E-state index contributed by atoms with van der Waals surface area (Å²) in [6.45, 7) is 5.30. The first kappa shape index (κ1) is 14.2. The largest absolute Gasteiger partial charge is 0.444 e. The molecule has 0 unspecified atom stereocenters. The molecule has 0 saturated heterocycles. The van der Waals surface area contributed by atoms with E-state index in [-0.39, 0.29) is 0 Å². The predicted molar refractivity (Wildman–Crippen MR) is 69.0 cm³/mol. The molecule has 0 aliphatic heterocycles. The molecule has 1 radical (unpaired) electrons. The second kappa shape index (κ2) is 6.19. The maximum atomic E-state index is 11.5. The molecule has 0 fully saturated rings. The van der Waals surface area contributed by atoms with Crippen molar-refractivity contribution in [3.63, 3.8) is 0 Å². The minimum Gasteiger partial charge on any atom is -0.444 e. The standard InChI is InChI=1S/C14H18NO3/c1-14(2,3)18-13(17)15-12(10-16)9-11-7-5-4-6-8-11/h4-8,12H,9H2,1-3H3,(H,15,17)/t12-/m0/s1. The summed E-state index contributed by atoms with van der Waals surface area (Å²) in [4.78, 5) is 22.3. The van der Waals surface area contributed by atoms with Crippen LogP contribution in [0.25, 0.3) is 0 Å². The van der Waals surface area contributed by atoms with E-state index in [1.807, 2.05) is 30.3 Å². The van der Waals surface area contributed by atoms with Crippen molar-refractivity contribution in [1.29, 1.82) is 0 Å². The Kier molecular flexibility index (Phi) is 4.89. The number of rotatable bonds is 4. The van der Waals surface area contributed by atoms with Gasteiger partial charge in [0.25, 0.3) is 0 Å². The Labute approximate surface area is 107 Å². The first-order valence-electron chi connectivity index (χ1n) is 5.82. The number of hydrogen-bond acceptors (Lipinski definition) is 3. The third-order valence-electron chi connectivity index (χ3n) is 2.12. The molecule has 1 aromatic carbocycles. The van der Waals surface area contributed by atoms with Crippen LogP contribution in [-0.2, 0) is 16.0 Å². The van der Waals surface area contributed by atoms with Crippen LogP contribution in [0.15, 0.2) is 30.3 Å². The average molecular weight is 248 g/mol. The SMILES string of the molecule is CC(C)(C)OC(=O)N[C@H]([C]=O)Cc1ccccc1. The van der Waals surface area contributed by atoms with Gasteiger partial charge in [0.15, 0.2) is 0 Å². The summed E-state index contributed by atoms with van der Waals surface area (Å²) in [7, 11) is 0. The number of ether oxygens (including phenoxy) is 1. The number of benzene rings is 1. The lowest BCUT2D eigenvalue weighted by molar-refractivity contribution is 0.0517. The van der Waals surface area contributed by atoms with Crippen LogP contribution in [0.4, 0.5) is 4.79 Å². The van der Waals surface area contributed by atoms with Crippen molar-refractivity contribution < 1.29 is 14.3 Å². The number of hydrogen-bond donors (Lipinski definition) is 1. The van der Waals surface area contributed by atoms with Crippen LogP contribution in [0.3, 0.4) is 0 Å². The minimum atomic E-state index is -0.692. The number of carbonyl (C=O) groups is 1. The van der Waals surface area contributed by atoms with Crippen LogP contribution < -0.4 is 5.32 Å². The van der Waals surface area contributed by atoms with Gasteiger partial charge in [0, 0.05) is 6.42 Å². The zero-order valence-corrected chi connectivity index (χ0v) is 10.9. The molecule has 0 saturated carbocycles. The van der Waals surface area contributed by atoms with Crippen molar-refractivity contribution in [2.75, 3.05) is 0 Å². The topological polar surface area (TPSA) is 55.4 Å². The third kappa shape index (κ3) is 5.48. The normalized spacial score (nSPS) is 12.6. The van der Waals surface area contributed by atoms with Crippen LogP contribution in [-0.4, -0.2) is 24.0 Å². The highest BCUT2D eigenvalue weighted by Crippen LogP contribution is 2.07. The Morgan fingerprint density at radius 2 is 1.94 bits per heavy atom.